The van der Waals surface area contributed by atoms with Crippen molar-refractivity contribution < 1.29 is 9.59 Å². The second kappa shape index (κ2) is 5.35. The number of amides is 2. The lowest BCUT2D eigenvalue weighted by molar-refractivity contribution is -0.135. The third-order valence-corrected chi connectivity index (χ3v) is 4.47. The van der Waals surface area contributed by atoms with Crippen molar-refractivity contribution in [2.45, 2.75) is 25.7 Å². The highest BCUT2D eigenvalue weighted by Crippen LogP contribution is 2.36. The zero-order chi connectivity index (χ0) is 15.0. The summed E-state index contributed by atoms with van der Waals surface area (Å²) in [4.78, 5) is 28.5. The van der Waals surface area contributed by atoms with Crippen molar-refractivity contribution >= 4 is 17.5 Å². The van der Waals surface area contributed by atoms with Crippen LogP contribution in [-0.4, -0.2) is 36.9 Å². The smallest absolute Gasteiger partial charge is 0.231 e. The Morgan fingerprint density at radius 1 is 1.29 bits per heavy atom. The van der Waals surface area contributed by atoms with Crippen LogP contribution < -0.4 is 4.90 Å². The molecule has 0 unspecified atom stereocenters. The minimum atomic E-state index is -0.336. The minimum absolute atomic E-state index is 0.00998. The largest absolute Gasteiger partial charge is 0.338 e. The van der Waals surface area contributed by atoms with Gasteiger partial charge < -0.3 is 9.80 Å². The Morgan fingerprint density at radius 3 is 2.76 bits per heavy atom. The first-order chi connectivity index (χ1) is 10.1. The molecule has 0 saturated heterocycles. The average molecular weight is 284 g/mol. The van der Waals surface area contributed by atoms with E-state index in [1.807, 2.05) is 29.2 Å². The Hall–Kier alpha value is -2.10. The van der Waals surface area contributed by atoms with Crippen LogP contribution in [0.25, 0.3) is 0 Å². The number of nitrogens with zero attached hydrogens (tertiary/aromatic N) is 2. The van der Waals surface area contributed by atoms with E-state index in [-0.39, 0.29) is 24.2 Å². The van der Waals surface area contributed by atoms with Crippen molar-refractivity contribution in [3.8, 4) is 0 Å². The van der Waals surface area contributed by atoms with E-state index >= 15 is 0 Å². The van der Waals surface area contributed by atoms with E-state index in [2.05, 4.69) is 13.0 Å². The van der Waals surface area contributed by atoms with Gasteiger partial charge >= 0.3 is 0 Å². The maximum absolute atomic E-state index is 12.8. The van der Waals surface area contributed by atoms with Gasteiger partial charge in [0.1, 0.15) is 0 Å². The van der Waals surface area contributed by atoms with Crippen LogP contribution in [0.1, 0.15) is 31.2 Å². The molecule has 0 N–H and O–H groups in total. The number of fused-ring (bicyclic) bond motifs is 1. The summed E-state index contributed by atoms with van der Waals surface area (Å²) in [6, 6.07) is 7.71. The summed E-state index contributed by atoms with van der Waals surface area (Å²) in [7, 11) is 1.77. The van der Waals surface area contributed by atoms with Crippen LogP contribution in [-0.2, 0) is 9.59 Å². The van der Waals surface area contributed by atoms with Crippen molar-refractivity contribution in [1.29, 1.82) is 0 Å². The van der Waals surface area contributed by atoms with E-state index < -0.39 is 0 Å². The number of rotatable bonds is 1. The van der Waals surface area contributed by atoms with Gasteiger partial charge in [0.15, 0.2) is 0 Å². The van der Waals surface area contributed by atoms with Crippen LogP contribution in [0.15, 0.2) is 35.9 Å². The predicted molar refractivity (Wildman–Crippen MR) is 82.2 cm³/mol. The summed E-state index contributed by atoms with van der Waals surface area (Å²) < 4.78 is 0. The van der Waals surface area contributed by atoms with E-state index in [0.717, 1.165) is 24.2 Å². The SMILES string of the molecule is CC1=CCN(C(=O)[C@@H]2CC(=O)N(C)c3ccccc32)CC1. The van der Waals surface area contributed by atoms with E-state index in [9.17, 15) is 9.59 Å². The standard InChI is InChI=1S/C17H20N2O2/c1-12-7-9-19(10-8-12)17(21)14-11-16(20)18(2)15-6-4-3-5-13(14)15/h3-7,14H,8-11H2,1-2H3/t14-/m1/s1. The molecule has 3 rings (SSSR count). The lowest BCUT2D eigenvalue weighted by Gasteiger charge is -2.35. The van der Waals surface area contributed by atoms with Gasteiger partial charge in [-0.25, -0.2) is 0 Å². The van der Waals surface area contributed by atoms with Crippen LogP contribution in [0, 0.1) is 0 Å². The molecular weight excluding hydrogens is 264 g/mol. The molecule has 0 spiro atoms. The number of carbonyl (C=O) groups is 2. The van der Waals surface area contributed by atoms with Gasteiger partial charge in [-0.3, -0.25) is 9.59 Å². The summed E-state index contributed by atoms with van der Waals surface area (Å²) in [6.45, 7) is 3.51. The van der Waals surface area contributed by atoms with E-state index in [0.29, 0.717) is 6.54 Å². The topological polar surface area (TPSA) is 40.6 Å². The molecule has 1 aromatic rings. The molecule has 4 heteroatoms. The summed E-state index contributed by atoms with van der Waals surface area (Å²) >= 11 is 0. The summed E-state index contributed by atoms with van der Waals surface area (Å²) in [6.07, 6.45) is 3.30. The molecule has 110 valence electrons. The number of carbonyl (C=O) groups excluding carboxylic acids is 2. The fourth-order valence-corrected chi connectivity index (χ4v) is 3.06. The predicted octanol–water partition coefficient (Wildman–Crippen LogP) is 2.32. The third kappa shape index (κ3) is 2.46. The first-order valence-electron chi connectivity index (χ1n) is 7.38. The average Bonchev–Trinajstić information content (AvgIpc) is 2.51. The molecular formula is C17H20N2O2. The van der Waals surface area contributed by atoms with Crippen LogP contribution in [0.3, 0.4) is 0 Å². The van der Waals surface area contributed by atoms with E-state index in [1.54, 1.807) is 11.9 Å². The van der Waals surface area contributed by atoms with Crippen molar-refractivity contribution in [1.82, 2.24) is 4.90 Å². The highest BCUT2D eigenvalue weighted by molar-refractivity contribution is 6.02. The van der Waals surface area contributed by atoms with Crippen molar-refractivity contribution in [2.75, 3.05) is 25.0 Å². The zero-order valence-corrected chi connectivity index (χ0v) is 12.5. The zero-order valence-electron chi connectivity index (χ0n) is 12.5. The molecule has 1 atom stereocenters. The molecule has 0 aromatic heterocycles. The fourth-order valence-electron chi connectivity index (χ4n) is 3.06. The van der Waals surface area contributed by atoms with Gasteiger partial charge in [-0.15, -0.1) is 0 Å². The lowest BCUT2D eigenvalue weighted by Crippen LogP contribution is -2.42. The van der Waals surface area contributed by atoms with Crippen LogP contribution >= 0.6 is 0 Å². The molecule has 0 saturated carbocycles. The van der Waals surface area contributed by atoms with Gasteiger partial charge in [0.05, 0.1) is 5.92 Å². The Morgan fingerprint density at radius 2 is 2.05 bits per heavy atom. The number of hydrogen-bond donors (Lipinski definition) is 0. The summed E-state index contributed by atoms with van der Waals surface area (Å²) in [5.74, 6) is -0.250. The Bertz CT molecular complexity index is 621. The second-order valence-corrected chi connectivity index (χ2v) is 5.85. The Labute approximate surface area is 125 Å². The fraction of sp³-hybridized carbons (Fsp3) is 0.412. The molecule has 2 heterocycles. The molecule has 2 aliphatic heterocycles. The summed E-state index contributed by atoms with van der Waals surface area (Å²) in [5.41, 5.74) is 3.16. The lowest BCUT2D eigenvalue weighted by atomic mass is 9.88. The molecule has 2 aliphatic rings. The molecule has 0 radical (unpaired) electrons. The molecule has 1 aromatic carbocycles. The van der Waals surface area contributed by atoms with Crippen LogP contribution in [0.5, 0.6) is 0 Å². The molecule has 2 amide bonds. The number of benzene rings is 1. The Kier molecular flexibility index (Phi) is 3.53. The van der Waals surface area contributed by atoms with Gasteiger partial charge in [-0.2, -0.15) is 0 Å². The van der Waals surface area contributed by atoms with Crippen LogP contribution in [0.4, 0.5) is 5.69 Å². The van der Waals surface area contributed by atoms with Crippen LogP contribution in [0.2, 0.25) is 0 Å². The summed E-state index contributed by atoms with van der Waals surface area (Å²) in [5, 5.41) is 0. The van der Waals surface area contributed by atoms with E-state index in [1.165, 1.54) is 5.57 Å². The first-order valence-corrected chi connectivity index (χ1v) is 7.38. The van der Waals surface area contributed by atoms with Crippen molar-refractivity contribution in [3.05, 3.63) is 41.5 Å². The van der Waals surface area contributed by atoms with Gasteiger partial charge in [0.2, 0.25) is 11.8 Å². The Balaban J connectivity index is 1.90. The monoisotopic (exact) mass is 284 g/mol. The second-order valence-electron chi connectivity index (χ2n) is 5.85. The molecule has 0 fully saturated rings. The van der Waals surface area contributed by atoms with Gasteiger partial charge in [-0.05, 0) is 25.0 Å². The molecule has 4 nitrogen and oxygen atoms in total. The first kappa shape index (κ1) is 13.9. The molecule has 0 bridgehead atoms. The van der Waals surface area contributed by atoms with Gasteiger partial charge in [-0.1, -0.05) is 29.8 Å². The maximum Gasteiger partial charge on any atom is 0.231 e. The third-order valence-electron chi connectivity index (χ3n) is 4.47. The molecule has 21 heavy (non-hydrogen) atoms. The number of hydrogen-bond acceptors (Lipinski definition) is 2. The molecule has 0 aliphatic carbocycles. The number of para-hydroxylation sites is 1. The minimum Gasteiger partial charge on any atom is -0.338 e. The van der Waals surface area contributed by atoms with Crippen molar-refractivity contribution in [2.24, 2.45) is 0 Å². The highest BCUT2D eigenvalue weighted by Gasteiger charge is 2.35. The van der Waals surface area contributed by atoms with E-state index in [4.69, 9.17) is 0 Å². The van der Waals surface area contributed by atoms with Gasteiger partial charge in [0.25, 0.3) is 0 Å². The maximum atomic E-state index is 12.8. The van der Waals surface area contributed by atoms with Gasteiger partial charge in [0, 0.05) is 32.2 Å². The highest BCUT2D eigenvalue weighted by atomic mass is 16.2. The number of anilines is 1. The van der Waals surface area contributed by atoms with Crippen molar-refractivity contribution in [3.63, 3.8) is 0 Å². The quantitative estimate of drug-likeness (QED) is 0.743. The normalized spacial score (nSPS) is 21.9.